The molecule has 5 rings (SSSR count). The second-order valence-electron chi connectivity index (χ2n) is 9.06. The molecule has 0 radical (unpaired) electrons. The maximum atomic E-state index is 13.5. The third-order valence-corrected chi connectivity index (χ3v) is 8.76. The van der Waals surface area contributed by atoms with Gasteiger partial charge in [-0.2, -0.15) is 4.57 Å². The van der Waals surface area contributed by atoms with Crippen molar-refractivity contribution in [1.29, 1.82) is 0 Å². The van der Waals surface area contributed by atoms with Crippen molar-refractivity contribution in [1.82, 2.24) is 0 Å². The number of aryl methyl sites for hydroxylation is 1. The summed E-state index contributed by atoms with van der Waals surface area (Å²) in [4.78, 5) is 2.13. The topological polar surface area (TPSA) is 84.5 Å². The number of nitrogens with zero attached hydrogens (tertiary/aromatic N) is 2. The Bertz CT molecular complexity index is 1510. The van der Waals surface area contributed by atoms with Gasteiger partial charge in [-0.3, -0.25) is 0 Å². The summed E-state index contributed by atoms with van der Waals surface area (Å²) in [6, 6.07) is 18.6. The van der Waals surface area contributed by atoms with Gasteiger partial charge < -0.3 is 14.6 Å². The van der Waals surface area contributed by atoms with Crippen molar-refractivity contribution in [2.45, 2.75) is 17.7 Å². The number of anilines is 1. The predicted octanol–water partition coefficient (Wildman–Crippen LogP) is 5.49. The van der Waals surface area contributed by atoms with Crippen LogP contribution in [0.5, 0.6) is 0 Å². The van der Waals surface area contributed by atoms with Crippen LogP contribution in [0.2, 0.25) is 5.02 Å². The van der Waals surface area contributed by atoms with Crippen LogP contribution in [0.3, 0.4) is 0 Å². The van der Waals surface area contributed by atoms with E-state index in [-0.39, 0.29) is 10.7 Å². The number of aromatic nitrogens is 1. The molecule has 1 fully saturated rings. The molecule has 38 heavy (non-hydrogen) atoms. The molecule has 1 N–H and O–H groups in total. The minimum absolute atomic E-state index is 0.204. The molecule has 3 aromatic carbocycles. The van der Waals surface area contributed by atoms with Gasteiger partial charge in [-0.15, -0.1) is 0 Å². The number of hydrogen-bond acceptors (Lipinski definition) is 6. The summed E-state index contributed by atoms with van der Waals surface area (Å²) in [7, 11) is -2.36. The minimum Gasteiger partial charge on any atom is -0.744 e. The number of halogens is 2. The fourth-order valence-electron chi connectivity index (χ4n) is 4.22. The number of hydrogen-bond donors (Lipinski definition) is 1. The van der Waals surface area contributed by atoms with Crippen molar-refractivity contribution in [2.75, 3.05) is 24.6 Å². The van der Waals surface area contributed by atoms with Crippen LogP contribution in [0.25, 0.3) is 22.4 Å². The highest BCUT2D eigenvalue weighted by Gasteiger charge is 2.18. The van der Waals surface area contributed by atoms with Crippen LogP contribution >= 0.6 is 22.9 Å². The SMILES string of the molecule is C[n+]1c(C=Cc2ccc(N3CCC(CO)CC3)cc2)sc2ccc(F)cc21.O=S(=O)([O-])c1ccc(Cl)cc1. The van der Waals surface area contributed by atoms with Gasteiger partial charge in [-0.05, 0) is 78.9 Å². The normalized spacial score (nSPS) is 14.6. The first-order chi connectivity index (χ1) is 18.1. The summed E-state index contributed by atoms with van der Waals surface area (Å²) in [5.41, 5.74) is 3.31. The van der Waals surface area contributed by atoms with Gasteiger partial charge in [-0.25, -0.2) is 12.8 Å². The average Bonchev–Trinajstić information content (AvgIpc) is 3.22. The highest BCUT2D eigenvalue weighted by atomic mass is 35.5. The van der Waals surface area contributed by atoms with Crippen LogP contribution in [0.4, 0.5) is 10.1 Å². The summed E-state index contributed by atoms with van der Waals surface area (Å²) in [6.07, 6.45) is 6.30. The molecule has 0 bridgehead atoms. The molecule has 200 valence electrons. The number of piperidine rings is 1. The van der Waals surface area contributed by atoms with E-state index in [1.165, 1.54) is 36.0 Å². The predicted molar refractivity (Wildman–Crippen MR) is 150 cm³/mol. The van der Waals surface area contributed by atoms with Crippen LogP contribution in [0, 0.1) is 11.7 Å². The van der Waals surface area contributed by atoms with Crippen LogP contribution in [-0.4, -0.2) is 37.8 Å². The zero-order valence-electron chi connectivity index (χ0n) is 20.8. The Hall–Kier alpha value is -2.82. The molecule has 1 aliphatic heterocycles. The highest BCUT2D eigenvalue weighted by molar-refractivity contribution is 7.85. The number of aliphatic hydroxyl groups excluding tert-OH is 1. The lowest BCUT2D eigenvalue weighted by molar-refractivity contribution is -0.642. The summed E-state index contributed by atoms with van der Waals surface area (Å²) < 4.78 is 47.6. The Labute approximate surface area is 231 Å². The molecule has 0 amide bonds. The molecular formula is C28H28ClFN2O4S2. The molecule has 0 aliphatic carbocycles. The lowest BCUT2D eigenvalue weighted by Crippen LogP contribution is -2.34. The van der Waals surface area contributed by atoms with Crippen LogP contribution < -0.4 is 9.47 Å². The molecule has 6 nitrogen and oxygen atoms in total. The van der Waals surface area contributed by atoms with Crippen molar-refractivity contribution < 1.29 is 27.0 Å². The molecule has 1 aromatic heterocycles. The van der Waals surface area contributed by atoms with E-state index in [0.29, 0.717) is 17.5 Å². The van der Waals surface area contributed by atoms with Gasteiger partial charge in [-0.1, -0.05) is 35.1 Å². The number of benzene rings is 3. The molecule has 2 heterocycles. The number of fused-ring (bicyclic) bond motifs is 1. The molecule has 1 saturated heterocycles. The summed E-state index contributed by atoms with van der Waals surface area (Å²) in [6.45, 7) is 2.32. The zero-order valence-corrected chi connectivity index (χ0v) is 23.1. The van der Waals surface area contributed by atoms with E-state index in [9.17, 15) is 22.5 Å². The molecule has 10 heteroatoms. The van der Waals surface area contributed by atoms with Gasteiger partial charge in [0.25, 0.3) is 5.01 Å². The molecule has 4 aromatic rings. The summed E-state index contributed by atoms with van der Waals surface area (Å²) >= 11 is 7.13. The molecule has 0 saturated carbocycles. The molecular weight excluding hydrogens is 547 g/mol. The smallest absolute Gasteiger partial charge is 0.262 e. The van der Waals surface area contributed by atoms with E-state index in [4.69, 9.17) is 11.6 Å². The van der Waals surface area contributed by atoms with Gasteiger partial charge in [0, 0.05) is 42.5 Å². The lowest BCUT2D eigenvalue weighted by atomic mass is 9.97. The molecule has 0 spiro atoms. The third kappa shape index (κ3) is 7.18. The standard InChI is InChI=1S/C22H24FN2OS.C6H5ClO3S/c1-24-20-14-18(23)5-8-21(20)27-22(24)9-4-16-2-6-19(7-3-16)25-12-10-17(15-26)11-13-25;7-5-1-3-6(4-2-5)11(8,9)10/h2-9,14,17,26H,10-13,15H2,1H3;1-4H,(H,8,9,10)/q+1;/p-1. The Morgan fingerprint density at radius 1 is 1.08 bits per heavy atom. The monoisotopic (exact) mass is 574 g/mol. The van der Waals surface area contributed by atoms with Gasteiger partial charge in [0.05, 0.1) is 4.90 Å². The Morgan fingerprint density at radius 3 is 2.34 bits per heavy atom. The molecule has 0 atom stereocenters. The maximum Gasteiger partial charge on any atom is 0.262 e. The first-order valence-electron chi connectivity index (χ1n) is 12.1. The summed E-state index contributed by atoms with van der Waals surface area (Å²) in [5.74, 6) is 0.254. The minimum atomic E-state index is -4.33. The molecule has 0 unspecified atom stereocenters. The van der Waals surface area contributed by atoms with E-state index < -0.39 is 10.1 Å². The van der Waals surface area contributed by atoms with E-state index >= 15 is 0 Å². The Balaban J connectivity index is 0.000000257. The average molecular weight is 575 g/mol. The Kier molecular flexibility index (Phi) is 9.17. The van der Waals surface area contributed by atoms with Crippen molar-refractivity contribution in [3.8, 4) is 0 Å². The number of rotatable bonds is 5. The second kappa shape index (κ2) is 12.4. The van der Waals surface area contributed by atoms with Gasteiger partial charge >= 0.3 is 0 Å². The van der Waals surface area contributed by atoms with Gasteiger partial charge in [0.15, 0.2) is 0 Å². The zero-order chi connectivity index (χ0) is 27.3. The van der Waals surface area contributed by atoms with Crippen LogP contribution in [0.15, 0.2) is 71.6 Å². The quantitative estimate of drug-likeness (QED) is 0.252. The highest BCUT2D eigenvalue weighted by Crippen LogP contribution is 2.25. The van der Waals surface area contributed by atoms with Crippen molar-refractivity contribution in [2.24, 2.45) is 13.0 Å². The number of aliphatic hydroxyl groups is 1. The van der Waals surface area contributed by atoms with Crippen LogP contribution in [-0.2, 0) is 17.2 Å². The third-order valence-electron chi connectivity index (χ3n) is 6.48. The van der Waals surface area contributed by atoms with Crippen molar-refractivity contribution in [3.63, 3.8) is 0 Å². The fourth-order valence-corrected chi connectivity index (χ4v) is 5.85. The van der Waals surface area contributed by atoms with Gasteiger partial charge in [0.2, 0.25) is 5.52 Å². The largest absolute Gasteiger partial charge is 0.744 e. The second-order valence-corrected chi connectivity index (χ2v) is 11.9. The number of thiazole rings is 1. The first kappa shape index (κ1) is 28.2. The summed E-state index contributed by atoms with van der Waals surface area (Å²) in [5, 5.41) is 10.8. The first-order valence-corrected chi connectivity index (χ1v) is 14.7. The van der Waals surface area contributed by atoms with E-state index in [1.807, 2.05) is 17.7 Å². The van der Waals surface area contributed by atoms with Crippen LogP contribution in [0.1, 0.15) is 23.4 Å². The Morgan fingerprint density at radius 2 is 1.74 bits per heavy atom. The van der Waals surface area contributed by atoms with Crippen molar-refractivity contribution >= 4 is 61.1 Å². The van der Waals surface area contributed by atoms with E-state index in [2.05, 4.69) is 41.3 Å². The van der Waals surface area contributed by atoms with Crippen molar-refractivity contribution in [3.05, 3.63) is 88.1 Å². The van der Waals surface area contributed by atoms with E-state index in [1.54, 1.807) is 17.4 Å². The molecule has 1 aliphatic rings. The maximum absolute atomic E-state index is 13.5. The fraction of sp³-hybridized carbons (Fsp3) is 0.250. The lowest BCUT2D eigenvalue weighted by Gasteiger charge is -2.32. The van der Waals surface area contributed by atoms with E-state index in [0.717, 1.165) is 46.7 Å². The van der Waals surface area contributed by atoms with Gasteiger partial charge in [0.1, 0.15) is 27.7 Å².